The minimum Gasteiger partial charge on any atom is -0.494 e. The summed E-state index contributed by atoms with van der Waals surface area (Å²) < 4.78 is 20.5. The maximum atomic E-state index is 12.8. The quantitative estimate of drug-likeness (QED) is 0.449. The van der Waals surface area contributed by atoms with Crippen LogP contribution in [0.2, 0.25) is 0 Å². The van der Waals surface area contributed by atoms with E-state index in [2.05, 4.69) is 26.7 Å². The molecule has 0 unspecified atom stereocenters. The van der Waals surface area contributed by atoms with Crippen molar-refractivity contribution in [3.05, 3.63) is 54.6 Å². The molecule has 0 aliphatic heterocycles. The van der Waals surface area contributed by atoms with E-state index in [1.165, 1.54) is 12.1 Å². The van der Waals surface area contributed by atoms with E-state index >= 15 is 0 Å². The van der Waals surface area contributed by atoms with Crippen LogP contribution in [0.5, 0.6) is 5.75 Å². The Bertz CT molecular complexity index is 793. The van der Waals surface area contributed by atoms with Gasteiger partial charge in [-0.3, -0.25) is 4.98 Å². The topological polar surface area (TPSA) is 52.8 Å². The first kappa shape index (κ1) is 17.4. The first-order valence-electron chi connectivity index (χ1n) is 8.12. The van der Waals surface area contributed by atoms with Gasteiger partial charge < -0.3 is 9.30 Å². The second-order valence-corrected chi connectivity index (χ2v) is 6.35. The van der Waals surface area contributed by atoms with Crippen LogP contribution in [0.25, 0.3) is 11.4 Å². The highest BCUT2D eigenvalue weighted by atomic mass is 32.2. The first-order chi connectivity index (χ1) is 12.3. The molecule has 2 heterocycles. The third kappa shape index (κ3) is 4.57. The van der Waals surface area contributed by atoms with Gasteiger partial charge in [-0.25, -0.2) is 4.39 Å². The van der Waals surface area contributed by atoms with E-state index in [0.29, 0.717) is 12.4 Å². The van der Waals surface area contributed by atoms with E-state index in [0.717, 1.165) is 35.3 Å². The lowest BCUT2D eigenvalue weighted by Gasteiger charge is -2.08. The second kappa shape index (κ2) is 8.62. The van der Waals surface area contributed by atoms with Crippen LogP contribution >= 0.6 is 11.8 Å². The predicted molar refractivity (Wildman–Crippen MR) is 96.2 cm³/mol. The summed E-state index contributed by atoms with van der Waals surface area (Å²) in [6, 6.07) is 9.93. The van der Waals surface area contributed by atoms with Crippen LogP contribution < -0.4 is 4.74 Å². The summed E-state index contributed by atoms with van der Waals surface area (Å²) >= 11 is 1.66. The molecule has 0 saturated carbocycles. The number of aromatic nitrogens is 4. The van der Waals surface area contributed by atoms with Crippen LogP contribution in [0.4, 0.5) is 4.39 Å². The van der Waals surface area contributed by atoms with Gasteiger partial charge in [0.05, 0.1) is 6.61 Å². The molecule has 0 amide bonds. The number of ether oxygens (including phenoxy) is 1. The Morgan fingerprint density at radius 1 is 1.08 bits per heavy atom. The molecule has 0 fully saturated rings. The third-order valence-corrected chi connectivity index (χ3v) is 4.63. The number of nitrogens with zero attached hydrogens (tertiary/aromatic N) is 4. The van der Waals surface area contributed by atoms with Crippen LogP contribution in [0.15, 0.2) is 53.9 Å². The van der Waals surface area contributed by atoms with Crippen molar-refractivity contribution in [1.82, 2.24) is 19.7 Å². The SMILES string of the molecule is CCn1c(SCCCOc2ccc(F)cc2)nnc1-c1ccncc1. The summed E-state index contributed by atoms with van der Waals surface area (Å²) in [6.07, 6.45) is 4.37. The fraction of sp³-hybridized carbons (Fsp3) is 0.278. The molecule has 0 bridgehead atoms. The smallest absolute Gasteiger partial charge is 0.191 e. The van der Waals surface area contributed by atoms with E-state index in [1.807, 2.05) is 12.1 Å². The molecule has 0 atom stereocenters. The van der Waals surface area contributed by atoms with Crippen molar-refractivity contribution in [1.29, 1.82) is 0 Å². The molecule has 0 N–H and O–H groups in total. The van der Waals surface area contributed by atoms with Crippen LogP contribution in [-0.4, -0.2) is 32.1 Å². The number of benzene rings is 1. The molecule has 0 spiro atoms. The molecule has 5 nitrogen and oxygen atoms in total. The van der Waals surface area contributed by atoms with Gasteiger partial charge in [0.15, 0.2) is 11.0 Å². The predicted octanol–water partition coefficient (Wildman–Crippen LogP) is 4.06. The minimum absolute atomic E-state index is 0.258. The molecule has 0 radical (unpaired) electrons. The Morgan fingerprint density at radius 3 is 2.56 bits per heavy atom. The molecule has 0 aliphatic rings. The van der Waals surface area contributed by atoms with Crippen LogP contribution in [0.1, 0.15) is 13.3 Å². The van der Waals surface area contributed by atoms with Gasteiger partial charge in [-0.2, -0.15) is 0 Å². The van der Waals surface area contributed by atoms with Gasteiger partial charge in [0.25, 0.3) is 0 Å². The Hall–Kier alpha value is -2.41. The van der Waals surface area contributed by atoms with Gasteiger partial charge >= 0.3 is 0 Å². The lowest BCUT2D eigenvalue weighted by atomic mass is 10.2. The summed E-state index contributed by atoms with van der Waals surface area (Å²) in [5.74, 6) is 2.15. The summed E-state index contributed by atoms with van der Waals surface area (Å²) in [6.45, 7) is 3.46. The molecule has 1 aromatic carbocycles. The lowest BCUT2D eigenvalue weighted by Crippen LogP contribution is -2.02. The Kier molecular flexibility index (Phi) is 6.00. The lowest BCUT2D eigenvalue weighted by molar-refractivity contribution is 0.318. The highest BCUT2D eigenvalue weighted by Crippen LogP contribution is 2.24. The standard InChI is InChI=1S/C18H19FN4OS/c1-2-23-17(14-8-10-20-11-9-14)21-22-18(23)25-13-3-12-24-16-6-4-15(19)5-7-16/h4-11H,2-3,12-13H2,1H3. The Balaban J connectivity index is 1.51. The average molecular weight is 358 g/mol. The highest BCUT2D eigenvalue weighted by Gasteiger charge is 2.12. The molecule has 7 heteroatoms. The van der Waals surface area contributed by atoms with Crippen molar-refractivity contribution in [3.8, 4) is 17.1 Å². The van der Waals surface area contributed by atoms with Crippen molar-refractivity contribution in [2.45, 2.75) is 25.0 Å². The number of rotatable bonds is 8. The minimum atomic E-state index is -0.258. The zero-order valence-corrected chi connectivity index (χ0v) is 14.7. The molecule has 2 aromatic heterocycles. The monoisotopic (exact) mass is 358 g/mol. The number of hydrogen-bond donors (Lipinski definition) is 0. The van der Waals surface area contributed by atoms with Gasteiger partial charge in [-0.1, -0.05) is 11.8 Å². The van der Waals surface area contributed by atoms with Crippen molar-refractivity contribution in [3.63, 3.8) is 0 Å². The van der Waals surface area contributed by atoms with Crippen molar-refractivity contribution in [2.24, 2.45) is 0 Å². The fourth-order valence-electron chi connectivity index (χ4n) is 2.34. The van der Waals surface area contributed by atoms with E-state index in [9.17, 15) is 4.39 Å². The third-order valence-electron chi connectivity index (χ3n) is 3.57. The van der Waals surface area contributed by atoms with E-state index in [4.69, 9.17) is 4.74 Å². The number of pyridine rings is 1. The number of hydrogen-bond acceptors (Lipinski definition) is 5. The first-order valence-corrected chi connectivity index (χ1v) is 9.11. The number of thioether (sulfide) groups is 1. The zero-order valence-electron chi connectivity index (χ0n) is 13.9. The van der Waals surface area contributed by atoms with Gasteiger partial charge in [0.2, 0.25) is 0 Å². The van der Waals surface area contributed by atoms with Crippen molar-refractivity contribution in [2.75, 3.05) is 12.4 Å². The normalized spacial score (nSPS) is 10.8. The van der Waals surface area contributed by atoms with Gasteiger partial charge in [0.1, 0.15) is 11.6 Å². The molecule has 25 heavy (non-hydrogen) atoms. The summed E-state index contributed by atoms with van der Waals surface area (Å²) in [7, 11) is 0. The fourth-order valence-corrected chi connectivity index (χ4v) is 3.25. The van der Waals surface area contributed by atoms with E-state index in [-0.39, 0.29) is 5.82 Å². The Labute approximate surface area is 150 Å². The molecular formula is C18H19FN4OS. The van der Waals surface area contributed by atoms with Crippen LogP contribution in [-0.2, 0) is 6.54 Å². The molecule has 0 aliphatic carbocycles. The summed E-state index contributed by atoms with van der Waals surface area (Å²) in [5, 5.41) is 9.51. The van der Waals surface area contributed by atoms with Crippen molar-refractivity contribution < 1.29 is 9.13 Å². The van der Waals surface area contributed by atoms with E-state index in [1.54, 1.807) is 36.3 Å². The van der Waals surface area contributed by atoms with Gasteiger partial charge in [-0.05, 0) is 49.7 Å². The van der Waals surface area contributed by atoms with Gasteiger partial charge in [-0.15, -0.1) is 10.2 Å². The maximum Gasteiger partial charge on any atom is 0.191 e. The van der Waals surface area contributed by atoms with Crippen molar-refractivity contribution >= 4 is 11.8 Å². The average Bonchev–Trinajstić information content (AvgIpc) is 3.06. The van der Waals surface area contributed by atoms with Gasteiger partial charge in [0, 0.05) is 30.3 Å². The number of halogens is 1. The summed E-state index contributed by atoms with van der Waals surface area (Å²) in [5.41, 5.74) is 1.01. The van der Waals surface area contributed by atoms with Crippen LogP contribution in [0.3, 0.4) is 0 Å². The van der Waals surface area contributed by atoms with E-state index < -0.39 is 0 Å². The molecule has 0 saturated heterocycles. The molecule has 3 rings (SSSR count). The summed E-state index contributed by atoms with van der Waals surface area (Å²) in [4.78, 5) is 4.04. The zero-order chi connectivity index (χ0) is 17.5. The van der Waals surface area contributed by atoms with Crippen LogP contribution in [0, 0.1) is 5.82 Å². The Morgan fingerprint density at radius 2 is 1.84 bits per heavy atom. The molecular weight excluding hydrogens is 339 g/mol. The second-order valence-electron chi connectivity index (χ2n) is 5.29. The molecule has 3 aromatic rings. The maximum absolute atomic E-state index is 12.8. The molecule has 130 valence electrons. The highest BCUT2D eigenvalue weighted by molar-refractivity contribution is 7.99. The largest absolute Gasteiger partial charge is 0.494 e.